The number of benzene rings is 2. The molecule has 4 aromatic rings. The molecule has 35 heavy (non-hydrogen) atoms. The Morgan fingerprint density at radius 3 is 2.69 bits per heavy atom. The van der Waals surface area contributed by atoms with E-state index >= 15 is 4.39 Å². The Morgan fingerprint density at radius 2 is 1.91 bits per heavy atom. The van der Waals surface area contributed by atoms with Crippen molar-refractivity contribution in [1.29, 1.82) is 0 Å². The maximum atomic E-state index is 15.1. The van der Waals surface area contributed by atoms with E-state index in [1.807, 2.05) is 36.5 Å². The first-order valence-corrected chi connectivity index (χ1v) is 12.0. The molecule has 1 aliphatic heterocycles. The van der Waals surface area contributed by atoms with Gasteiger partial charge in [-0.25, -0.2) is 9.37 Å². The van der Waals surface area contributed by atoms with Gasteiger partial charge >= 0.3 is 0 Å². The van der Waals surface area contributed by atoms with E-state index in [1.54, 1.807) is 19.4 Å². The molecule has 0 aliphatic carbocycles. The molecule has 9 heteroatoms. The predicted molar refractivity (Wildman–Crippen MR) is 139 cm³/mol. The molecule has 182 valence electrons. The van der Waals surface area contributed by atoms with Crippen LogP contribution in [-0.2, 0) is 13.0 Å². The molecular formula is C26H28ClFN6O. The lowest BCUT2D eigenvalue weighted by Crippen LogP contribution is -2.44. The van der Waals surface area contributed by atoms with Crippen LogP contribution in [0.5, 0.6) is 5.75 Å². The van der Waals surface area contributed by atoms with Crippen LogP contribution >= 0.6 is 11.6 Å². The average molecular weight is 495 g/mol. The van der Waals surface area contributed by atoms with E-state index in [0.717, 1.165) is 60.8 Å². The largest absolute Gasteiger partial charge is 0.494 e. The topological polar surface area (TPSA) is 58.5 Å². The fourth-order valence-corrected chi connectivity index (χ4v) is 4.60. The van der Waals surface area contributed by atoms with E-state index in [9.17, 15) is 0 Å². The van der Waals surface area contributed by atoms with Crippen LogP contribution < -0.4 is 15.0 Å². The number of ether oxygens (including phenoxy) is 1. The Hall–Kier alpha value is -3.36. The molecule has 0 unspecified atom stereocenters. The standard InChI is InChI=1S/C26H28ClFN6O/c1-32-11-13-33(14-12-32)23-16-24(35-2)22(15-21(23)28)30-26-29-17-19-8-10-34(25(19)31-26)9-7-18-5-3-4-6-20(18)27/h3-6,8,10,15-17H,7,9,11-14H2,1-2H3,(H,29,30,31). The minimum absolute atomic E-state index is 0.304. The highest BCUT2D eigenvalue weighted by Gasteiger charge is 2.20. The number of hydrogen-bond donors (Lipinski definition) is 1. The van der Waals surface area contributed by atoms with Crippen LogP contribution in [0.1, 0.15) is 5.56 Å². The summed E-state index contributed by atoms with van der Waals surface area (Å²) in [7, 11) is 3.65. The van der Waals surface area contributed by atoms with E-state index in [-0.39, 0.29) is 5.82 Å². The van der Waals surface area contributed by atoms with Crippen molar-refractivity contribution in [2.75, 3.05) is 50.6 Å². The zero-order valence-electron chi connectivity index (χ0n) is 19.8. The molecule has 0 bridgehead atoms. The number of halogens is 2. The summed E-state index contributed by atoms with van der Waals surface area (Å²) < 4.78 is 22.8. The monoisotopic (exact) mass is 494 g/mol. The summed E-state index contributed by atoms with van der Waals surface area (Å²) in [6, 6.07) is 13.0. The first kappa shape index (κ1) is 23.4. The molecule has 0 radical (unpaired) electrons. The van der Waals surface area contributed by atoms with Gasteiger partial charge < -0.3 is 24.4 Å². The van der Waals surface area contributed by atoms with Crippen molar-refractivity contribution in [1.82, 2.24) is 19.4 Å². The van der Waals surface area contributed by atoms with Gasteiger partial charge in [0.2, 0.25) is 5.95 Å². The van der Waals surface area contributed by atoms with E-state index in [4.69, 9.17) is 21.3 Å². The van der Waals surface area contributed by atoms with Gasteiger partial charge in [-0.1, -0.05) is 29.8 Å². The van der Waals surface area contributed by atoms with Crippen molar-refractivity contribution in [3.63, 3.8) is 0 Å². The van der Waals surface area contributed by atoms with Crippen LogP contribution in [-0.4, -0.2) is 59.8 Å². The number of aryl methyl sites for hydroxylation is 2. The zero-order chi connectivity index (χ0) is 24.4. The molecule has 0 atom stereocenters. The summed E-state index contributed by atoms with van der Waals surface area (Å²) in [5.74, 6) is 0.611. The van der Waals surface area contributed by atoms with Gasteiger partial charge in [-0.3, -0.25) is 0 Å². The Morgan fingerprint density at radius 1 is 1.11 bits per heavy atom. The Bertz CT molecular complexity index is 1330. The highest BCUT2D eigenvalue weighted by Crippen LogP contribution is 2.34. The summed E-state index contributed by atoms with van der Waals surface area (Å²) in [5.41, 5.74) is 2.91. The SMILES string of the molecule is COc1cc(N2CCN(C)CC2)c(F)cc1Nc1ncc2ccn(CCc3ccccc3Cl)c2n1. The minimum atomic E-state index is -0.304. The molecular weight excluding hydrogens is 467 g/mol. The third-order valence-electron chi connectivity index (χ3n) is 6.44. The third-order valence-corrected chi connectivity index (χ3v) is 6.81. The second-order valence-corrected chi connectivity index (χ2v) is 9.15. The van der Waals surface area contributed by atoms with E-state index < -0.39 is 0 Å². The van der Waals surface area contributed by atoms with Crippen LogP contribution in [0.3, 0.4) is 0 Å². The number of nitrogens with one attached hydrogen (secondary N) is 1. The lowest BCUT2D eigenvalue weighted by atomic mass is 10.1. The second kappa shape index (κ2) is 10.1. The van der Waals surface area contributed by atoms with Crippen molar-refractivity contribution < 1.29 is 9.13 Å². The Balaban J connectivity index is 1.37. The first-order chi connectivity index (χ1) is 17.0. The fourth-order valence-electron chi connectivity index (χ4n) is 4.37. The summed E-state index contributed by atoms with van der Waals surface area (Å²) in [6.45, 7) is 4.06. The number of aromatic nitrogens is 3. The zero-order valence-corrected chi connectivity index (χ0v) is 20.6. The van der Waals surface area contributed by atoms with Crippen molar-refractivity contribution in [2.24, 2.45) is 0 Å². The lowest BCUT2D eigenvalue weighted by Gasteiger charge is -2.34. The normalized spacial score (nSPS) is 14.5. The van der Waals surface area contributed by atoms with Gasteiger partial charge in [0.05, 0.1) is 18.5 Å². The molecule has 0 amide bonds. The van der Waals surface area contributed by atoms with Gasteiger partial charge in [0.1, 0.15) is 17.2 Å². The van der Waals surface area contributed by atoms with Crippen molar-refractivity contribution in [3.05, 3.63) is 71.3 Å². The van der Waals surface area contributed by atoms with Crippen LogP contribution in [0.25, 0.3) is 11.0 Å². The van der Waals surface area contributed by atoms with Gasteiger partial charge in [-0.05, 0) is 31.2 Å². The van der Waals surface area contributed by atoms with Crippen LogP contribution in [0.2, 0.25) is 5.02 Å². The van der Waals surface area contributed by atoms with E-state index in [0.29, 0.717) is 23.1 Å². The van der Waals surface area contributed by atoms with Gasteiger partial charge in [0.15, 0.2) is 0 Å². The molecule has 1 fully saturated rings. The quantitative estimate of drug-likeness (QED) is 0.391. The second-order valence-electron chi connectivity index (χ2n) is 8.74. The van der Waals surface area contributed by atoms with Crippen molar-refractivity contribution in [2.45, 2.75) is 13.0 Å². The lowest BCUT2D eigenvalue weighted by molar-refractivity contribution is 0.311. The molecule has 1 N–H and O–H groups in total. The van der Waals surface area contributed by atoms with E-state index in [2.05, 4.69) is 31.7 Å². The predicted octanol–water partition coefficient (Wildman–Crippen LogP) is 4.97. The molecule has 7 nitrogen and oxygen atoms in total. The Kier molecular flexibility index (Phi) is 6.74. The average Bonchev–Trinajstić information content (AvgIpc) is 3.27. The molecule has 1 aliphatic rings. The maximum Gasteiger partial charge on any atom is 0.229 e. The molecule has 3 heterocycles. The summed E-state index contributed by atoms with van der Waals surface area (Å²) in [6.07, 6.45) is 4.53. The molecule has 2 aromatic carbocycles. The first-order valence-electron chi connectivity index (χ1n) is 11.6. The number of rotatable bonds is 7. The molecule has 2 aromatic heterocycles. The number of likely N-dealkylation sites (N-methyl/N-ethyl adjacent to an activating group) is 1. The number of hydrogen-bond acceptors (Lipinski definition) is 6. The summed E-state index contributed by atoms with van der Waals surface area (Å²) >= 11 is 6.31. The van der Waals surface area contributed by atoms with Gasteiger partial charge in [-0.15, -0.1) is 0 Å². The maximum absolute atomic E-state index is 15.1. The Labute approximate surface area is 209 Å². The number of nitrogens with zero attached hydrogens (tertiary/aromatic N) is 5. The van der Waals surface area contributed by atoms with Crippen LogP contribution in [0, 0.1) is 5.82 Å². The van der Waals surface area contributed by atoms with Crippen molar-refractivity contribution in [3.8, 4) is 5.75 Å². The van der Waals surface area contributed by atoms with Crippen LogP contribution in [0.4, 0.5) is 21.7 Å². The van der Waals surface area contributed by atoms with E-state index in [1.165, 1.54) is 6.07 Å². The molecule has 5 rings (SSSR count). The summed E-state index contributed by atoms with van der Waals surface area (Å²) in [5, 5.41) is 4.83. The number of methoxy groups -OCH3 is 1. The highest BCUT2D eigenvalue weighted by atomic mass is 35.5. The number of fused-ring (bicyclic) bond motifs is 1. The number of anilines is 3. The number of piperazine rings is 1. The highest BCUT2D eigenvalue weighted by molar-refractivity contribution is 6.31. The minimum Gasteiger partial charge on any atom is -0.494 e. The molecule has 0 spiro atoms. The summed E-state index contributed by atoms with van der Waals surface area (Å²) in [4.78, 5) is 13.4. The van der Waals surface area contributed by atoms with Gasteiger partial charge in [0.25, 0.3) is 0 Å². The fraction of sp³-hybridized carbons (Fsp3) is 0.308. The van der Waals surface area contributed by atoms with Gasteiger partial charge in [0, 0.05) is 67.7 Å². The molecule has 0 saturated carbocycles. The molecule has 1 saturated heterocycles. The smallest absolute Gasteiger partial charge is 0.229 e. The van der Waals surface area contributed by atoms with Gasteiger partial charge in [-0.2, -0.15) is 4.98 Å². The third kappa shape index (κ3) is 5.04. The van der Waals surface area contributed by atoms with Crippen molar-refractivity contribution >= 4 is 40.0 Å². The van der Waals surface area contributed by atoms with Crippen LogP contribution in [0.15, 0.2) is 54.9 Å².